The van der Waals surface area contributed by atoms with Crippen LogP contribution in [0.25, 0.3) is 0 Å². The van der Waals surface area contributed by atoms with Gasteiger partial charge in [0.1, 0.15) is 5.76 Å². The summed E-state index contributed by atoms with van der Waals surface area (Å²) in [4.78, 5) is 27.4. The first-order chi connectivity index (χ1) is 12.5. The predicted molar refractivity (Wildman–Crippen MR) is 99.6 cm³/mol. The lowest BCUT2D eigenvalue weighted by molar-refractivity contribution is 0.0699. The molecule has 0 saturated carbocycles. The summed E-state index contributed by atoms with van der Waals surface area (Å²) in [7, 11) is 0. The van der Waals surface area contributed by atoms with Crippen LogP contribution < -0.4 is 0 Å². The van der Waals surface area contributed by atoms with E-state index in [2.05, 4.69) is 32.0 Å². The highest BCUT2D eigenvalue weighted by Gasteiger charge is 2.36. The van der Waals surface area contributed by atoms with Gasteiger partial charge in [0.15, 0.2) is 11.5 Å². The topological polar surface area (TPSA) is 50.5 Å². The van der Waals surface area contributed by atoms with Gasteiger partial charge in [0, 0.05) is 24.9 Å². The first kappa shape index (κ1) is 17.1. The minimum absolute atomic E-state index is 0.0783. The van der Waals surface area contributed by atoms with Crippen LogP contribution in [0, 0.1) is 20.8 Å². The van der Waals surface area contributed by atoms with E-state index >= 15 is 0 Å². The van der Waals surface area contributed by atoms with Crippen molar-refractivity contribution < 1.29 is 14.0 Å². The molecule has 2 heterocycles. The van der Waals surface area contributed by atoms with E-state index in [9.17, 15) is 9.59 Å². The molecule has 2 aromatic rings. The van der Waals surface area contributed by atoms with Gasteiger partial charge in [0.2, 0.25) is 0 Å². The summed E-state index contributed by atoms with van der Waals surface area (Å²) in [6, 6.07) is 6.53. The van der Waals surface area contributed by atoms with Crippen LogP contribution in [0.5, 0.6) is 0 Å². The number of rotatable bonds is 2. The van der Waals surface area contributed by atoms with Crippen LogP contribution in [-0.2, 0) is 6.42 Å². The van der Waals surface area contributed by atoms with E-state index in [-0.39, 0.29) is 17.7 Å². The van der Waals surface area contributed by atoms with Gasteiger partial charge in [-0.15, -0.1) is 0 Å². The number of ketones is 1. The molecule has 1 saturated heterocycles. The molecule has 4 rings (SSSR count). The fraction of sp³-hybridized carbons (Fsp3) is 0.455. The highest BCUT2D eigenvalue weighted by atomic mass is 16.4. The molecule has 136 valence electrons. The highest BCUT2D eigenvalue weighted by Crippen LogP contribution is 2.36. The Morgan fingerprint density at radius 2 is 1.92 bits per heavy atom. The molecule has 1 aliphatic heterocycles. The second-order valence-electron chi connectivity index (χ2n) is 7.63. The van der Waals surface area contributed by atoms with E-state index in [0.29, 0.717) is 23.5 Å². The van der Waals surface area contributed by atoms with Crippen molar-refractivity contribution in [2.75, 3.05) is 6.54 Å². The van der Waals surface area contributed by atoms with Crippen molar-refractivity contribution in [2.24, 2.45) is 0 Å². The molecule has 1 aromatic carbocycles. The Morgan fingerprint density at radius 1 is 1.12 bits per heavy atom. The molecule has 1 unspecified atom stereocenters. The average molecular weight is 351 g/mol. The smallest absolute Gasteiger partial charge is 0.290 e. The summed E-state index contributed by atoms with van der Waals surface area (Å²) in [5, 5.41) is 0. The van der Waals surface area contributed by atoms with Crippen molar-refractivity contribution in [3.63, 3.8) is 0 Å². The fourth-order valence-electron chi connectivity index (χ4n) is 4.31. The lowest BCUT2D eigenvalue weighted by atomic mass is 9.94. The molecular formula is C22H25NO3. The van der Waals surface area contributed by atoms with Crippen molar-refractivity contribution in [2.45, 2.75) is 58.9 Å². The monoisotopic (exact) mass is 351 g/mol. The zero-order valence-corrected chi connectivity index (χ0v) is 15.7. The Balaban J connectivity index is 1.67. The lowest BCUT2D eigenvalue weighted by Crippen LogP contribution is -2.30. The zero-order chi connectivity index (χ0) is 18.4. The molecule has 1 fully saturated rings. The SMILES string of the molecule is Cc1ccc(C2CCCN2C(=O)c2oc3c(c2C)C(=O)CCC3)cc1C. The second-order valence-corrected chi connectivity index (χ2v) is 7.63. The minimum atomic E-state index is -0.0783. The fourth-order valence-corrected chi connectivity index (χ4v) is 4.31. The van der Waals surface area contributed by atoms with Crippen LogP contribution >= 0.6 is 0 Å². The summed E-state index contributed by atoms with van der Waals surface area (Å²) in [5.74, 6) is 1.09. The molecule has 4 nitrogen and oxygen atoms in total. The Kier molecular flexibility index (Phi) is 4.22. The van der Waals surface area contributed by atoms with E-state index in [4.69, 9.17) is 4.42 Å². The van der Waals surface area contributed by atoms with Gasteiger partial charge in [-0.1, -0.05) is 18.2 Å². The van der Waals surface area contributed by atoms with Gasteiger partial charge >= 0.3 is 0 Å². The van der Waals surface area contributed by atoms with Gasteiger partial charge in [0.05, 0.1) is 11.6 Å². The van der Waals surface area contributed by atoms with Crippen molar-refractivity contribution in [3.8, 4) is 0 Å². The number of furan rings is 1. The van der Waals surface area contributed by atoms with Crippen LogP contribution in [0.15, 0.2) is 22.6 Å². The number of nitrogens with zero attached hydrogens (tertiary/aromatic N) is 1. The van der Waals surface area contributed by atoms with E-state index in [1.165, 1.54) is 16.7 Å². The molecule has 0 radical (unpaired) electrons. The molecule has 0 bridgehead atoms. The second kappa shape index (κ2) is 6.42. The van der Waals surface area contributed by atoms with Crippen LogP contribution in [0.4, 0.5) is 0 Å². The Hall–Kier alpha value is -2.36. The zero-order valence-electron chi connectivity index (χ0n) is 15.7. The quantitative estimate of drug-likeness (QED) is 0.788. The summed E-state index contributed by atoms with van der Waals surface area (Å²) in [6.07, 6.45) is 4.06. The number of amides is 1. The van der Waals surface area contributed by atoms with Crippen molar-refractivity contribution in [3.05, 3.63) is 57.5 Å². The standard InChI is InChI=1S/C22H25NO3/c1-13-9-10-16(12-14(13)2)17-6-5-11-23(17)22(25)21-15(3)20-18(24)7-4-8-19(20)26-21/h9-10,12,17H,4-8,11H2,1-3H3. The Labute approximate surface area is 154 Å². The molecule has 4 heteroatoms. The number of likely N-dealkylation sites (tertiary alicyclic amines) is 1. The Bertz CT molecular complexity index is 893. The van der Waals surface area contributed by atoms with Crippen molar-refractivity contribution >= 4 is 11.7 Å². The number of carbonyl (C=O) groups excluding carboxylic acids is 2. The molecule has 1 atom stereocenters. The minimum Gasteiger partial charge on any atom is -0.455 e. The van der Waals surface area contributed by atoms with E-state index in [1.54, 1.807) is 0 Å². The van der Waals surface area contributed by atoms with Gasteiger partial charge in [0.25, 0.3) is 5.91 Å². The van der Waals surface area contributed by atoms with Crippen molar-refractivity contribution in [1.82, 2.24) is 4.90 Å². The number of hydrogen-bond acceptors (Lipinski definition) is 3. The van der Waals surface area contributed by atoms with E-state index in [1.807, 2.05) is 11.8 Å². The molecular weight excluding hydrogens is 326 g/mol. The van der Waals surface area contributed by atoms with Gasteiger partial charge < -0.3 is 9.32 Å². The summed E-state index contributed by atoms with van der Waals surface area (Å²) in [6.45, 7) is 6.79. The van der Waals surface area contributed by atoms with Gasteiger partial charge in [-0.05, 0) is 56.7 Å². The molecule has 0 spiro atoms. The van der Waals surface area contributed by atoms with Crippen LogP contribution in [0.2, 0.25) is 0 Å². The number of hydrogen-bond donors (Lipinski definition) is 0. The van der Waals surface area contributed by atoms with Crippen LogP contribution in [0.3, 0.4) is 0 Å². The third kappa shape index (κ3) is 2.68. The molecule has 1 aliphatic carbocycles. The van der Waals surface area contributed by atoms with Gasteiger partial charge in [-0.2, -0.15) is 0 Å². The molecule has 1 aromatic heterocycles. The third-order valence-electron chi connectivity index (χ3n) is 5.93. The predicted octanol–water partition coefficient (Wildman–Crippen LogP) is 4.70. The maximum Gasteiger partial charge on any atom is 0.290 e. The molecule has 2 aliphatic rings. The normalized spacial score (nSPS) is 19.7. The number of benzene rings is 1. The average Bonchev–Trinajstić information content (AvgIpc) is 3.23. The number of aryl methyl sites for hydroxylation is 3. The Morgan fingerprint density at radius 3 is 2.65 bits per heavy atom. The largest absolute Gasteiger partial charge is 0.455 e. The highest BCUT2D eigenvalue weighted by molar-refractivity contribution is 6.03. The van der Waals surface area contributed by atoms with Crippen molar-refractivity contribution in [1.29, 1.82) is 0 Å². The first-order valence-corrected chi connectivity index (χ1v) is 9.51. The molecule has 1 amide bonds. The summed E-state index contributed by atoms with van der Waals surface area (Å²) < 4.78 is 5.90. The van der Waals surface area contributed by atoms with Crippen LogP contribution in [-0.4, -0.2) is 23.1 Å². The van der Waals surface area contributed by atoms with E-state index < -0.39 is 0 Å². The van der Waals surface area contributed by atoms with Gasteiger partial charge in [-0.25, -0.2) is 0 Å². The number of fused-ring (bicyclic) bond motifs is 1. The number of Topliss-reactive ketones (excluding diaryl/α,β-unsaturated/α-hetero) is 1. The van der Waals surface area contributed by atoms with E-state index in [0.717, 1.165) is 37.8 Å². The summed E-state index contributed by atoms with van der Waals surface area (Å²) in [5.41, 5.74) is 5.07. The maximum atomic E-state index is 13.2. The molecule has 26 heavy (non-hydrogen) atoms. The third-order valence-corrected chi connectivity index (χ3v) is 5.93. The van der Waals surface area contributed by atoms with Gasteiger partial charge in [-0.3, -0.25) is 9.59 Å². The number of carbonyl (C=O) groups is 2. The van der Waals surface area contributed by atoms with Crippen LogP contribution in [0.1, 0.15) is 80.7 Å². The molecule has 0 N–H and O–H groups in total. The summed E-state index contributed by atoms with van der Waals surface area (Å²) >= 11 is 0. The lowest BCUT2D eigenvalue weighted by Gasteiger charge is -2.25. The maximum absolute atomic E-state index is 13.2. The first-order valence-electron chi connectivity index (χ1n) is 9.51.